The highest BCUT2D eigenvalue weighted by Crippen LogP contribution is 2.38. The van der Waals surface area contributed by atoms with Gasteiger partial charge in [-0.2, -0.15) is 4.31 Å². The van der Waals surface area contributed by atoms with Gasteiger partial charge in [0.15, 0.2) is 17.4 Å². The van der Waals surface area contributed by atoms with Gasteiger partial charge in [0.2, 0.25) is 10.0 Å². The summed E-state index contributed by atoms with van der Waals surface area (Å²) in [6.45, 7) is 6.77. The number of hydrogen-bond donors (Lipinski definition) is 0. The Balaban J connectivity index is 1.42. The number of ether oxygens (including phenoxy) is 2. The minimum absolute atomic E-state index is 0.0950. The summed E-state index contributed by atoms with van der Waals surface area (Å²) in [5, 5.41) is 0.577. The predicted molar refractivity (Wildman–Crippen MR) is 124 cm³/mol. The molecule has 2 aromatic rings. The fourth-order valence-electron chi connectivity index (χ4n) is 5.15. The first-order chi connectivity index (χ1) is 16.3. The molecule has 4 heterocycles. The lowest BCUT2D eigenvalue weighted by molar-refractivity contribution is -0.169. The normalized spacial score (nSPS) is 22.1. The number of halogens is 2. The average Bonchev–Trinajstić information content (AvgIpc) is 3.29. The minimum Gasteiger partial charge on any atom is -0.370 e. The van der Waals surface area contributed by atoms with Crippen LogP contribution >= 0.6 is 0 Å². The van der Waals surface area contributed by atoms with Gasteiger partial charge in [0.25, 0.3) is 0 Å². The highest BCUT2D eigenvalue weighted by atomic mass is 32.2. The van der Waals surface area contributed by atoms with E-state index < -0.39 is 27.4 Å². The third kappa shape index (κ3) is 4.51. The second kappa shape index (κ2) is 9.27. The van der Waals surface area contributed by atoms with Crippen molar-refractivity contribution in [1.29, 1.82) is 0 Å². The molecule has 1 aromatic carbocycles. The Kier molecular flexibility index (Phi) is 6.49. The van der Waals surface area contributed by atoms with Gasteiger partial charge in [-0.1, -0.05) is 0 Å². The molecule has 0 N–H and O–H groups in total. The van der Waals surface area contributed by atoms with Crippen LogP contribution in [0.15, 0.2) is 18.3 Å². The van der Waals surface area contributed by atoms with E-state index in [1.165, 1.54) is 10.4 Å². The van der Waals surface area contributed by atoms with Gasteiger partial charge in [0.05, 0.1) is 30.2 Å². The quantitative estimate of drug-likeness (QED) is 0.629. The molecule has 0 unspecified atom stereocenters. The van der Waals surface area contributed by atoms with Gasteiger partial charge in [0, 0.05) is 81.9 Å². The zero-order valence-electron chi connectivity index (χ0n) is 19.3. The smallest absolute Gasteiger partial charge is 0.213 e. The lowest BCUT2D eigenvalue weighted by atomic mass is 10.00. The average molecular weight is 497 g/mol. The number of anilines is 1. The van der Waals surface area contributed by atoms with Crippen molar-refractivity contribution in [3.8, 4) is 0 Å². The highest BCUT2D eigenvalue weighted by Gasteiger charge is 2.40. The van der Waals surface area contributed by atoms with Crippen LogP contribution in [-0.2, 0) is 26.0 Å². The molecule has 5 rings (SSSR count). The number of sulfonamides is 1. The molecule has 3 saturated heterocycles. The molecule has 11 heteroatoms. The summed E-state index contributed by atoms with van der Waals surface area (Å²) in [7, 11) is -3.21. The summed E-state index contributed by atoms with van der Waals surface area (Å²) in [5.41, 5.74) is 2.17. The first-order valence-electron chi connectivity index (χ1n) is 11.8. The number of hydrogen-bond acceptors (Lipinski definition) is 7. The number of piperazine rings is 1. The maximum absolute atomic E-state index is 14.3. The first-order valence-corrected chi connectivity index (χ1v) is 13.4. The van der Waals surface area contributed by atoms with Crippen LogP contribution in [0.3, 0.4) is 0 Å². The van der Waals surface area contributed by atoms with Crippen molar-refractivity contribution in [2.45, 2.75) is 32.1 Å². The van der Waals surface area contributed by atoms with Crippen LogP contribution in [-0.4, -0.2) is 86.6 Å². The molecule has 34 heavy (non-hydrogen) atoms. The number of aromatic nitrogens is 1. The molecule has 1 aromatic heterocycles. The SMILES string of the molecule is CCS(=O)(=O)N1CCN(Cc2cnc3cc(F)c(F)cc3c2N2CCC3(CC2)OCCO3)CC1. The Morgan fingerprint density at radius 3 is 2.29 bits per heavy atom. The van der Waals surface area contributed by atoms with E-state index in [9.17, 15) is 17.2 Å². The van der Waals surface area contributed by atoms with E-state index in [2.05, 4.69) is 14.8 Å². The van der Waals surface area contributed by atoms with Gasteiger partial charge < -0.3 is 14.4 Å². The Bertz CT molecular complexity index is 1160. The molecule has 0 radical (unpaired) electrons. The molecule has 186 valence electrons. The summed E-state index contributed by atoms with van der Waals surface area (Å²) < 4.78 is 65.9. The second-order valence-electron chi connectivity index (χ2n) is 9.09. The minimum atomic E-state index is -3.21. The van der Waals surface area contributed by atoms with Crippen LogP contribution in [0.2, 0.25) is 0 Å². The molecule has 0 saturated carbocycles. The van der Waals surface area contributed by atoms with Crippen molar-refractivity contribution in [2.75, 3.05) is 63.1 Å². The van der Waals surface area contributed by atoms with Gasteiger partial charge in [-0.05, 0) is 13.0 Å². The lowest BCUT2D eigenvalue weighted by Gasteiger charge is -2.40. The maximum atomic E-state index is 14.3. The molecule has 3 fully saturated rings. The number of rotatable bonds is 5. The highest BCUT2D eigenvalue weighted by molar-refractivity contribution is 7.89. The number of fused-ring (bicyclic) bond motifs is 1. The van der Waals surface area contributed by atoms with Crippen LogP contribution < -0.4 is 4.90 Å². The lowest BCUT2D eigenvalue weighted by Crippen LogP contribution is -2.49. The van der Waals surface area contributed by atoms with Crippen LogP contribution in [0.5, 0.6) is 0 Å². The van der Waals surface area contributed by atoms with E-state index in [1.54, 1.807) is 13.1 Å². The van der Waals surface area contributed by atoms with Gasteiger partial charge in [0.1, 0.15) is 0 Å². The van der Waals surface area contributed by atoms with E-state index in [4.69, 9.17) is 9.47 Å². The van der Waals surface area contributed by atoms with Gasteiger partial charge in [-0.3, -0.25) is 9.88 Å². The number of benzene rings is 1. The largest absolute Gasteiger partial charge is 0.370 e. The molecule has 0 atom stereocenters. The van der Waals surface area contributed by atoms with Gasteiger partial charge in [-0.25, -0.2) is 17.2 Å². The van der Waals surface area contributed by atoms with E-state index in [-0.39, 0.29) is 5.75 Å². The predicted octanol–water partition coefficient (Wildman–Crippen LogP) is 2.32. The van der Waals surface area contributed by atoms with Crippen molar-refractivity contribution >= 4 is 26.6 Å². The molecular weight excluding hydrogens is 466 g/mol. The van der Waals surface area contributed by atoms with Crippen molar-refractivity contribution in [3.63, 3.8) is 0 Å². The Labute approximate surface area is 198 Å². The summed E-state index contributed by atoms with van der Waals surface area (Å²) in [4.78, 5) is 8.80. The van der Waals surface area contributed by atoms with Crippen molar-refractivity contribution < 1.29 is 26.7 Å². The zero-order chi connectivity index (χ0) is 23.9. The third-order valence-corrected chi connectivity index (χ3v) is 8.98. The second-order valence-corrected chi connectivity index (χ2v) is 11.3. The van der Waals surface area contributed by atoms with Crippen LogP contribution in [0, 0.1) is 11.6 Å². The molecule has 0 amide bonds. The van der Waals surface area contributed by atoms with Gasteiger partial charge >= 0.3 is 0 Å². The maximum Gasteiger partial charge on any atom is 0.213 e. The standard InChI is InChI=1S/C23H30F2N4O4S/c1-2-34(30,31)29-9-7-27(8-10-29)16-17-15-26-21-14-20(25)19(24)13-18(21)22(17)28-5-3-23(4-6-28)32-11-12-33-23/h13-15H,2-12,16H2,1H3. The summed E-state index contributed by atoms with van der Waals surface area (Å²) in [6.07, 6.45) is 3.11. The van der Waals surface area contributed by atoms with Crippen molar-refractivity contribution in [1.82, 2.24) is 14.2 Å². The van der Waals surface area contributed by atoms with E-state index in [0.717, 1.165) is 17.3 Å². The summed E-state index contributed by atoms with van der Waals surface area (Å²) in [5.74, 6) is -2.27. The third-order valence-electron chi connectivity index (χ3n) is 7.10. The molecule has 3 aliphatic heterocycles. The summed E-state index contributed by atoms with van der Waals surface area (Å²) >= 11 is 0. The molecule has 8 nitrogen and oxygen atoms in total. The molecule has 1 spiro atoms. The molecule has 3 aliphatic rings. The first kappa shape index (κ1) is 23.8. The van der Waals surface area contributed by atoms with E-state index >= 15 is 0 Å². The monoisotopic (exact) mass is 496 g/mol. The fraction of sp³-hybridized carbons (Fsp3) is 0.609. The molecular formula is C23H30F2N4O4S. The van der Waals surface area contributed by atoms with E-state index in [0.29, 0.717) is 82.8 Å². The van der Waals surface area contributed by atoms with Crippen LogP contribution in [0.4, 0.5) is 14.5 Å². The van der Waals surface area contributed by atoms with Crippen molar-refractivity contribution in [3.05, 3.63) is 35.5 Å². The Hall–Kier alpha value is -1.92. The number of nitrogens with zero attached hydrogens (tertiary/aromatic N) is 4. The van der Waals surface area contributed by atoms with E-state index in [1.807, 2.05) is 0 Å². The van der Waals surface area contributed by atoms with Crippen LogP contribution in [0.25, 0.3) is 10.9 Å². The van der Waals surface area contributed by atoms with Gasteiger partial charge in [-0.15, -0.1) is 0 Å². The number of pyridine rings is 1. The zero-order valence-corrected chi connectivity index (χ0v) is 20.1. The molecule has 0 bridgehead atoms. The Morgan fingerprint density at radius 1 is 1.00 bits per heavy atom. The number of piperidine rings is 1. The summed E-state index contributed by atoms with van der Waals surface area (Å²) in [6, 6.07) is 2.37. The Morgan fingerprint density at radius 2 is 1.65 bits per heavy atom. The fourth-order valence-corrected chi connectivity index (χ4v) is 6.23. The topological polar surface area (TPSA) is 75.2 Å². The molecule has 0 aliphatic carbocycles. The van der Waals surface area contributed by atoms with Crippen molar-refractivity contribution in [2.24, 2.45) is 0 Å². The van der Waals surface area contributed by atoms with Crippen LogP contribution in [0.1, 0.15) is 25.3 Å².